The van der Waals surface area contributed by atoms with Crippen molar-refractivity contribution in [1.82, 2.24) is 0 Å². The van der Waals surface area contributed by atoms with Gasteiger partial charge in [-0.2, -0.15) is 0 Å². The van der Waals surface area contributed by atoms with Crippen LogP contribution in [0.1, 0.15) is 57.1 Å². The number of nitrogens with one attached hydrogen (secondary N) is 2. The van der Waals surface area contributed by atoms with Crippen LogP contribution in [0.15, 0.2) is 48.5 Å². The Kier molecular flexibility index (Phi) is 6.42. The molecule has 2 N–H and O–H groups in total. The maximum atomic E-state index is 12.0. The average molecular weight is 324 g/mol. The maximum Gasteiger partial charge on any atom is 0.226 e. The standard InChI is InChI=1S/C21H28N2O/c1-15(2)17-5-9-19(10-6-17)22-14-13-21(24)23-20-11-7-18(8-12-20)16(3)4/h5-12,15-16,22H,13-14H2,1-4H3,(H,23,24). The SMILES string of the molecule is CC(C)c1ccc(NCCC(=O)Nc2ccc(C(C)C)cc2)cc1. The number of carbonyl (C=O) groups is 1. The van der Waals surface area contributed by atoms with Gasteiger partial charge < -0.3 is 10.6 Å². The van der Waals surface area contributed by atoms with Gasteiger partial charge in [0.25, 0.3) is 0 Å². The third-order valence-electron chi connectivity index (χ3n) is 4.12. The third kappa shape index (κ3) is 5.41. The van der Waals surface area contributed by atoms with Crippen molar-refractivity contribution in [2.24, 2.45) is 0 Å². The van der Waals surface area contributed by atoms with Crippen LogP contribution in [0, 0.1) is 0 Å². The molecule has 0 spiro atoms. The van der Waals surface area contributed by atoms with Gasteiger partial charge in [-0.05, 0) is 47.2 Å². The van der Waals surface area contributed by atoms with E-state index in [-0.39, 0.29) is 5.91 Å². The highest BCUT2D eigenvalue weighted by Gasteiger charge is 2.04. The Balaban J connectivity index is 1.76. The summed E-state index contributed by atoms with van der Waals surface area (Å²) in [5.74, 6) is 1.06. The molecule has 0 aliphatic rings. The summed E-state index contributed by atoms with van der Waals surface area (Å²) in [6, 6.07) is 16.4. The molecule has 2 aromatic carbocycles. The van der Waals surface area contributed by atoms with Gasteiger partial charge in [-0.1, -0.05) is 52.0 Å². The zero-order valence-electron chi connectivity index (χ0n) is 15.1. The van der Waals surface area contributed by atoms with E-state index in [9.17, 15) is 4.79 Å². The first-order valence-electron chi connectivity index (χ1n) is 8.69. The number of amides is 1. The summed E-state index contributed by atoms with van der Waals surface area (Å²) < 4.78 is 0. The molecule has 0 saturated heterocycles. The van der Waals surface area contributed by atoms with Gasteiger partial charge >= 0.3 is 0 Å². The highest BCUT2D eigenvalue weighted by Crippen LogP contribution is 2.18. The molecule has 1 amide bonds. The molecule has 3 nitrogen and oxygen atoms in total. The van der Waals surface area contributed by atoms with Crippen LogP contribution < -0.4 is 10.6 Å². The van der Waals surface area contributed by atoms with E-state index in [0.717, 1.165) is 11.4 Å². The molecule has 2 aromatic rings. The molecule has 24 heavy (non-hydrogen) atoms. The number of hydrogen-bond donors (Lipinski definition) is 2. The molecule has 0 radical (unpaired) electrons. The molecule has 0 fully saturated rings. The molecular weight excluding hydrogens is 296 g/mol. The number of rotatable bonds is 7. The smallest absolute Gasteiger partial charge is 0.226 e. The predicted octanol–water partition coefficient (Wildman–Crippen LogP) is 5.37. The van der Waals surface area contributed by atoms with E-state index in [4.69, 9.17) is 0 Å². The van der Waals surface area contributed by atoms with E-state index in [1.165, 1.54) is 11.1 Å². The number of hydrogen-bond acceptors (Lipinski definition) is 2. The van der Waals surface area contributed by atoms with Gasteiger partial charge in [-0.25, -0.2) is 0 Å². The van der Waals surface area contributed by atoms with Gasteiger partial charge in [0, 0.05) is 24.3 Å². The highest BCUT2D eigenvalue weighted by atomic mass is 16.1. The Bertz CT molecular complexity index is 643. The van der Waals surface area contributed by atoms with Crippen molar-refractivity contribution < 1.29 is 4.79 Å². The summed E-state index contributed by atoms with van der Waals surface area (Å²) in [6.45, 7) is 9.30. The Hall–Kier alpha value is -2.29. The normalized spacial score (nSPS) is 10.9. The summed E-state index contributed by atoms with van der Waals surface area (Å²) in [5, 5.41) is 6.23. The fourth-order valence-electron chi connectivity index (χ4n) is 2.48. The summed E-state index contributed by atoms with van der Waals surface area (Å²) in [4.78, 5) is 12.0. The van der Waals surface area contributed by atoms with Gasteiger partial charge in [0.1, 0.15) is 0 Å². The minimum atomic E-state index is 0.0265. The lowest BCUT2D eigenvalue weighted by Crippen LogP contribution is -2.16. The minimum absolute atomic E-state index is 0.0265. The molecule has 0 atom stereocenters. The van der Waals surface area contributed by atoms with E-state index in [2.05, 4.69) is 74.7 Å². The lowest BCUT2D eigenvalue weighted by Gasteiger charge is -2.10. The maximum absolute atomic E-state index is 12.0. The summed E-state index contributed by atoms with van der Waals surface area (Å²) >= 11 is 0. The quantitative estimate of drug-likeness (QED) is 0.718. The molecule has 0 saturated carbocycles. The first-order valence-corrected chi connectivity index (χ1v) is 8.69. The summed E-state index contributed by atoms with van der Waals surface area (Å²) in [6.07, 6.45) is 0.442. The van der Waals surface area contributed by atoms with Crippen molar-refractivity contribution in [1.29, 1.82) is 0 Å². The predicted molar refractivity (Wildman–Crippen MR) is 103 cm³/mol. The zero-order valence-corrected chi connectivity index (χ0v) is 15.1. The molecule has 0 aliphatic heterocycles. The summed E-state index contributed by atoms with van der Waals surface area (Å²) in [7, 11) is 0. The van der Waals surface area contributed by atoms with E-state index >= 15 is 0 Å². The Labute approximate surface area is 145 Å². The molecule has 2 rings (SSSR count). The second-order valence-electron chi connectivity index (χ2n) is 6.78. The summed E-state index contributed by atoms with van der Waals surface area (Å²) in [5.41, 5.74) is 4.50. The lowest BCUT2D eigenvalue weighted by atomic mass is 10.0. The van der Waals surface area contributed by atoms with E-state index in [0.29, 0.717) is 24.8 Å². The fourth-order valence-corrected chi connectivity index (χ4v) is 2.48. The molecule has 3 heteroatoms. The van der Waals surface area contributed by atoms with Crippen molar-refractivity contribution in [3.8, 4) is 0 Å². The van der Waals surface area contributed by atoms with Crippen molar-refractivity contribution in [2.75, 3.05) is 17.2 Å². The van der Waals surface area contributed by atoms with Crippen LogP contribution in [0.5, 0.6) is 0 Å². The number of carbonyl (C=O) groups excluding carboxylic acids is 1. The topological polar surface area (TPSA) is 41.1 Å². The van der Waals surface area contributed by atoms with E-state index in [1.54, 1.807) is 0 Å². The van der Waals surface area contributed by atoms with Crippen LogP contribution in [0.25, 0.3) is 0 Å². The van der Waals surface area contributed by atoms with Crippen LogP contribution >= 0.6 is 0 Å². The fraction of sp³-hybridized carbons (Fsp3) is 0.381. The van der Waals surface area contributed by atoms with Crippen molar-refractivity contribution in [3.05, 3.63) is 59.7 Å². The van der Waals surface area contributed by atoms with Gasteiger partial charge in [0.2, 0.25) is 5.91 Å². The van der Waals surface area contributed by atoms with Crippen LogP contribution in [0.3, 0.4) is 0 Å². The van der Waals surface area contributed by atoms with Crippen LogP contribution in [-0.2, 0) is 4.79 Å². The van der Waals surface area contributed by atoms with Gasteiger partial charge in [0.05, 0.1) is 0 Å². The second kappa shape index (κ2) is 8.53. The molecule has 128 valence electrons. The number of anilines is 2. The monoisotopic (exact) mass is 324 g/mol. The molecule has 0 aliphatic carbocycles. The number of benzene rings is 2. The van der Waals surface area contributed by atoms with Crippen LogP contribution in [0.2, 0.25) is 0 Å². The van der Waals surface area contributed by atoms with Crippen molar-refractivity contribution in [2.45, 2.75) is 46.0 Å². The highest BCUT2D eigenvalue weighted by molar-refractivity contribution is 5.91. The van der Waals surface area contributed by atoms with Crippen molar-refractivity contribution in [3.63, 3.8) is 0 Å². The minimum Gasteiger partial charge on any atom is -0.385 e. The van der Waals surface area contributed by atoms with Gasteiger partial charge in [-0.15, -0.1) is 0 Å². The van der Waals surface area contributed by atoms with E-state index < -0.39 is 0 Å². The van der Waals surface area contributed by atoms with E-state index in [1.807, 2.05) is 12.1 Å². The Morgan fingerprint density at radius 3 is 1.71 bits per heavy atom. The zero-order chi connectivity index (χ0) is 17.5. The van der Waals surface area contributed by atoms with Gasteiger partial charge in [-0.3, -0.25) is 4.79 Å². The van der Waals surface area contributed by atoms with Crippen LogP contribution in [-0.4, -0.2) is 12.5 Å². The molecule has 0 heterocycles. The van der Waals surface area contributed by atoms with Gasteiger partial charge in [0.15, 0.2) is 0 Å². The van der Waals surface area contributed by atoms with Crippen molar-refractivity contribution >= 4 is 17.3 Å². The largest absolute Gasteiger partial charge is 0.385 e. The molecule has 0 bridgehead atoms. The second-order valence-corrected chi connectivity index (χ2v) is 6.78. The lowest BCUT2D eigenvalue weighted by molar-refractivity contribution is -0.115. The first kappa shape index (κ1) is 18.1. The Morgan fingerprint density at radius 1 is 0.792 bits per heavy atom. The third-order valence-corrected chi connectivity index (χ3v) is 4.12. The molecular formula is C21H28N2O. The Morgan fingerprint density at radius 2 is 1.25 bits per heavy atom. The van der Waals surface area contributed by atoms with Crippen LogP contribution in [0.4, 0.5) is 11.4 Å². The molecule has 0 unspecified atom stereocenters. The molecule has 0 aromatic heterocycles. The first-order chi connectivity index (χ1) is 11.5. The average Bonchev–Trinajstić information content (AvgIpc) is 2.55.